The average molecular weight is 302 g/mol. The molecule has 2 unspecified atom stereocenters. The van der Waals surface area contributed by atoms with Gasteiger partial charge in [0.25, 0.3) is 0 Å². The molecule has 1 aliphatic heterocycles. The summed E-state index contributed by atoms with van der Waals surface area (Å²) in [7, 11) is 0. The van der Waals surface area contributed by atoms with Gasteiger partial charge in [-0.05, 0) is 43.7 Å². The first-order valence-corrected chi connectivity index (χ1v) is 7.74. The topological polar surface area (TPSA) is 65.0 Å². The highest BCUT2D eigenvalue weighted by Gasteiger charge is 2.53. The molecule has 0 radical (unpaired) electrons. The van der Waals surface area contributed by atoms with Crippen molar-refractivity contribution < 1.29 is 14.7 Å². The second kappa shape index (κ2) is 4.80. The Bertz CT molecular complexity index is 587. The van der Waals surface area contributed by atoms with Gasteiger partial charge in [-0.25, -0.2) is 0 Å². The van der Waals surface area contributed by atoms with E-state index in [9.17, 15) is 5.21 Å². The Labute approximate surface area is 129 Å². The number of hydrogen-bond donors (Lipinski definition) is 1. The summed E-state index contributed by atoms with van der Waals surface area (Å²) in [4.78, 5) is 0. The van der Waals surface area contributed by atoms with Crippen LogP contribution < -0.4 is 5.23 Å². The molecule has 5 heteroatoms. The fourth-order valence-electron chi connectivity index (χ4n) is 4.09. The lowest BCUT2D eigenvalue weighted by Gasteiger charge is -2.46. The molecule has 2 aliphatic carbocycles. The van der Waals surface area contributed by atoms with Gasteiger partial charge in [-0.1, -0.05) is 24.3 Å². The van der Waals surface area contributed by atoms with E-state index in [1.165, 1.54) is 6.42 Å². The number of rotatable bonds is 2. The summed E-state index contributed by atoms with van der Waals surface area (Å²) in [5.41, 5.74) is 1.18. The minimum absolute atomic E-state index is 0.135. The molecule has 2 bridgehead atoms. The summed E-state index contributed by atoms with van der Waals surface area (Å²) < 4.78 is 12.3. The number of ether oxygens (including phenoxy) is 2. The van der Waals surface area contributed by atoms with E-state index in [0.29, 0.717) is 25.0 Å². The Morgan fingerprint density at radius 1 is 1.18 bits per heavy atom. The molecule has 1 spiro atoms. The van der Waals surface area contributed by atoms with Crippen molar-refractivity contribution in [2.45, 2.75) is 25.6 Å². The van der Waals surface area contributed by atoms with E-state index in [2.05, 4.69) is 12.2 Å². The van der Waals surface area contributed by atoms with Crippen LogP contribution in [0.3, 0.4) is 0 Å². The van der Waals surface area contributed by atoms with E-state index >= 15 is 0 Å². The standard InChI is InChI=1S/C17H20NO4/c1-16(13-4-6-15(7-5-13)18(19)20)21-10-17(11-22-16)9-12-2-3-14(17)8-12/h2-7,12,14,19H,8-11H2,1H3/q-1. The van der Waals surface area contributed by atoms with Crippen LogP contribution in [0.15, 0.2) is 36.4 Å². The van der Waals surface area contributed by atoms with Crippen molar-refractivity contribution in [1.29, 1.82) is 0 Å². The zero-order valence-corrected chi connectivity index (χ0v) is 12.6. The molecule has 5 nitrogen and oxygen atoms in total. The smallest absolute Gasteiger partial charge is 0.191 e. The Hall–Kier alpha value is -1.40. The van der Waals surface area contributed by atoms with Crippen LogP contribution in [0, 0.1) is 22.5 Å². The molecule has 118 valence electrons. The van der Waals surface area contributed by atoms with Crippen LogP contribution in [0.4, 0.5) is 5.69 Å². The molecule has 22 heavy (non-hydrogen) atoms. The van der Waals surface area contributed by atoms with Gasteiger partial charge in [-0.15, -0.1) is 0 Å². The number of anilines is 1. The monoisotopic (exact) mass is 302 g/mol. The highest BCUT2D eigenvalue weighted by atomic mass is 16.8. The number of fused-ring (bicyclic) bond motifs is 3. The zero-order chi connectivity index (χ0) is 15.4. The zero-order valence-electron chi connectivity index (χ0n) is 12.6. The van der Waals surface area contributed by atoms with Gasteiger partial charge in [0.2, 0.25) is 0 Å². The van der Waals surface area contributed by atoms with Crippen LogP contribution in [0.5, 0.6) is 0 Å². The molecule has 1 heterocycles. The third-order valence-corrected chi connectivity index (χ3v) is 5.51. The SMILES string of the molecule is CC1(c2ccc(N([O-])O)cc2)OCC2(CO1)CC1C=CC2C1. The van der Waals surface area contributed by atoms with Crippen molar-refractivity contribution in [1.82, 2.24) is 0 Å². The van der Waals surface area contributed by atoms with E-state index in [4.69, 9.17) is 14.7 Å². The lowest BCUT2D eigenvalue weighted by molar-refractivity contribution is -0.307. The van der Waals surface area contributed by atoms with E-state index in [1.807, 2.05) is 6.92 Å². The number of benzene rings is 1. The lowest BCUT2D eigenvalue weighted by atomic mass is 9.76. The number of hydrogen-bond acceptors (Lipinski definition) is 5. The van der Waals surface area contributed by atoms with E-state index < -0.39 is 5.79 Å². The number of nitrogens with zero attached hydrogens (tertiary/aromatic N) is 1. The third-order valence-electron chi connectivity index (χ3n) is 5.51. The van der Waals surface area contributed by atoms with Gasteiger partial charge in [-0.3, -0.25) is 5.21 Å². The van der Waals surface area contributed by atoms with Crippen LogP contribution in [0.2, 0.25) is 0 Å². The molecule has 1 saturated heterocycles. The van der Waals surface area contributed by atoms with Crippen LogP contribution >= 0.6 is 0 Å². The normalized spacial score (nSPS) is 39.6. The Balaban J connectivity index is 1.51. The second-order valence-electron chi connectivity index (χ2n) is 6.90. The Kier molecular flexibility index (Phi) is 3.10. The summed E-state index contributed by atoms with van der Waals surface area (Å²) in [6.45, 7) is 3.31. The Morgan fingerprint density at radius 3 is 2.36 bits per heavy atom. The summed E-state index contributed by atoms with van der Waals surface area (Å²) in [5.74, 6) is 0.472. The summed E-state index contributed by atoms with van der Waals surface area (Å²) in [5, 5.41) is 19.6. The molecule has 0 aromatic heterocycles. The van der Waals surface area contributed by atoms with Gasteiger partial charge in [0, 0.05) is 11.0 Å². The average Bonchev–Trinajstić information content (AvgIpc) is 3.12. The van der Waals surface area contributed by atoms with Crippen molar-refractivity contribution in [3.63, 3.8) is 0 Å². The largest absolute Gasteiger partial charge is 0.733 e. The first-order valence-electron chi connectivity index (χ1n) is 7.74. The van der Waals surface area contributed by atoms with Crippen LogP contribution in [0.25, 0.3) is 0 Å². The summed E-state index contributed by atoms with van der Waals surface area (Å²) >= 11 is 0. The van der Waals surface area contributed by atoms with Gasteiger partial charge >= 0.3 is 0 Å². The first kappa shape index (κ1) is 14.2. The fourth-order valence-corrected chi connectivity index (χ4v) is 4.09. The van der Waals surface area contributed by atoms with Gasteiger partial charge in [0.15, 0.2) is 5.79 Å². The maximum absolute atomic E-state index is 10.9. The maximum Gasteiger partial charge on any atom is 0.191 e. The molecule has 3 aliphatic rings. The molecular weight excluding hydrogens is 282 g/mol. The summed E-state index contributed by atoms with van der Waals surface area (Å²) in [6.07, 6.45) is 7.03. The highest BCUT2D eigenvalue weighted by molar-refractivity contribution is 5.46. The van der Waals surface area contributed by atoms with Gasteiger partial charge in [0.05, 0.1) is 18.9 Å². The molecular formula is C17H20NO4-. The molecule has 1 saturated carbocycles. The minimum Gasteiger partial charge on any atom is -0.733 e. The molecule has 1 aromatic rings. The maximum atomic E-state index is 10.9. The summed E-state index contributed by atoms with van der Waals surface area (Å²) in [6, 6.07) is 6.64. The number of allylic oxidation sites excluding steroid dienone is 2. The quantitative estimate of drug-likeness (QED) is 0.671. The Morgan fingerprint density at radius 2 is 1.86 bits per heavy atom. The lowest BCUT2D eigenvalue weighted by Crippen LogP contribution is -2.48. The van der Waals surface area contributed by atoms with Gasteiger partial charge in [0.1, 0.15) is 0 Å². The van der Waals surface area contributed by atoms with E-state index in [1.54, 1.807) is 24.3 Å². The predicted octanol–water partition coefficient (Wildman–Crippen LogP) is 3.18. The molecule has 4 rings (SSSR count). The van der Waals surface area contributed by atoms with Crippen molar-refractivity contribution in [3.8, 4) is 0 Å². The minimum atomic E-state index is -0.793. The van der Waals surface area contributed by atoms with Crippen LogP contribution in [-0.4, -0.2) is 18.4 Å². The third kappa shape index (κ3) is 2.08. The first-order chi connectivity index (χ1) is 10.5. The van der Waals surface area contributed by atoms with Crippen molar-refractivity contribution in [3.05, 3.63) is 47.2 Å². The predicted molar refractivity (Wildman–Crippen MR) is 81.1 cm³/mol. The second-order valence-corrected chi connectivity index (χ2v) is 6.90. The van der Waals surface area contributed by atoms with E-state index in [0.717, 1.165) is 12.0 Å². The molecule has 2 atom stereocenters. The molecule has 1 N–H and O–H groups in total. The molecule has 0 amide bonds. The van der Waals surface area contributed by atoms with Gasteiger partial charge in [-0.2, -0.15) is 0 Å². The van der Waals surface area contributed by atoms with Crippen molar-refractivity contribution in [2.24, 2.45) is 17.3 Å². The van der Waals surface area contributed by atoms with Crippen LogP contribution in [-0.2, 0) is 15.3 Å². The highest BCUT2D eigenvalue weighted by Crippen LogP contribution is 2.55. The van der Waals surface area contributed by atoms with E-state index in [-0.39, 0.29) is 16.3 Å². The van der Waals surface area contributed by atoms with Crippen LogP contribution in [0.1, 0.15) is 25.3 Å². The van der Waals surface area contributed by atoms with Gasteiger partial charge < -0.3 is 19.9 Å². The molecule has 2 fully saturated rings. The van der Waals surface area contributed by atoms with Crippen molar-refractivity contribution >= 4 is 5.69 Å². The van der Waals surface area contributed by atoms with Crippen molar-refractivity contribution in [2.75, 3.05) is 18.4 Å². The molecule has 1 aromatic carbocycles. The fraction of sp³-hybridized carbons (Fsp3) is 0.529.